The highest BCUT2D eigenvalue weighted by atomic mass is 35.5. The van der Waals surface area contributed by atoms with Gasteiger partial charge in [0.2, 0.25) is 0 Å². The molecule has 1 saturated carbocycles. The molecule has 0 spiro atoms. The van der Waals surface area contributed by atoms with Crippen molar-refractivity contribution in [3.8, 4) is 0 Å². The van der Waals surface area contributed by atoms with Crippen LogP contribution in [0.4, 0.5) is 0 Å². The molecule has 0 heterocycles. The van der Waals surface area contributed by atoms with Gasteiger partial charge in [-0.3, -0.25) is 0 Å². The molecule has 0 unspecified atom stereocenters. The first-order valence-electron chi connectivity index (χ1n) is 5.91. The zero-order valence-corrected chi connectivity index (χ0v) is 11.1. The Morgan fingerprint density at radius 1 is 1.24 bits per heavy atom. The fraction of sp³-hybridized carbons (Fsp3) is 0.538. The van der Waals surface area contributed by atoms with Gasteiger partial charge in [-0.05, 0) is 43.4 Å². The van der Waals surface area contributed by atoms with Crippen molar-refractivity contribution < 1.29 is 5.11 Å². The monoisotopic (exact) mass is 273 g/mol. The minimum Gasteiger partial charge on any atom is -0.390 e. The molecule has 0 aliphatic heterocycles. The van der Waals surface area contributed by atoms with Crippen LogP contribution in [0, 0.1) is 0 Å². The highest BCUT2D eigenvalue weighted by molar-refractivity contribution is 6.36. The van der Waals surface area contributed by atoms with Gasteiger partial charge in [-0.25, -0.2) is 0 Å². The molecule has 0 atom stereocenters. The Morgan fingerprint density at radius 2 is 1.76 bits per heavy atom. The van der Waals surface area contributed by atoms with E-state index in [2.05, 4.69) is 0 Å². The largest absolute Gasteiger partial charge is 0.390 e. The van der Waals surface area contributed by atoms with Crippen LogP contribution in [0.3, 0.4) is 0 Å². The zero-order chi connectivity index (χ0) is 12.5. The molecule has 0 saturated heterocycles. The van der Waals surface area contributed by atoms with Crippen molar-refractivity contribution in [2.75, 3.05) is 0 Å². The first kappa shape index (κ1) is 13.2. The van der Waals surface area contributed by atoms with Crippen LogP contribution >= 0.6 is 23.2 Å². The molecule has 1 aliphatic rings. The molecule has 0 bridgehead atoms. The number of benzene rings is 1. The van der Waals surface area contributed by atoms with Crippen LogP contribution < -0.4 is 5.73 Å². The van der Waals surface area contributed by atoms with Gasteiger partial charge in [-0.1, -0.05) is 29.3 Å². The van der Waals surface area contributed by atoms with Crippen LogP contribution in [-0.4, -0.2) is 16.7 Å². The fourth-order valence-electron chi connectivity index (χ4n) is 2.38. The summed E-state index contributed by atoms with van der Waals surface area (Å²) in [4.78, 5) is 0. The van der Waals surface area contributed by atoms with E-state index in [4.69, 9.17) is 28.9 Å². The Hall–Kier alpha value is -0.280. The summed E-state index contributed by atoms with van der Waals surface area (Å²) < 4.78 is 0. The average molecular weight is 274 g/mol. The first-order valence-corrected chi connectivity index (χ1v) is 6.67. The summed E-state index contributed by atoms with van der Waals surface area (Å²) in [6.07, 6.45) is 3.67. The Balaban J connectivity index is 2.15. The van der Waals surface area contributed by atoms with Gasteiger partial charge < -0.3 is 10.8 Å². The molecule has 1 aromatic carbocycles. The summed E-state index contributed by atoms with van der Waals surface area (Å²) in [5.41, 5.74) is 5.98. The molecule has 2 nitrogen and oxygen atoms in total. The number of hydrogen-bond acceptors (Lipinski definition) is 2. The van der Waals surface area contributed by atoms with Gasteiger partial charge >= 0.3 is 0 Å². The highest BCUT2D eigenvalue weighted by Crippen LogP contribution is 2.35. The molecule has 0 aromatic heterocycles. The van der Waals surface area contributed by atoms with E-state index in [1.165, 1.54) is 0 Å². The lowest BCUT2D eigenvalue weighted by molar-refractivity contribution is 0.000244. The van der Waals surface area contributed by atoms with E-state index in [1.54, 1.807) is 12.1 Å². The Bertz CT molecular complexity index is 380. The van der Waals surface area contributed by atoms with E-state index in [-0.39, 0.29) is 6.04 Å². The molecule has 0 radical (unpaired) electrons. The number of nitrogens with two attached hydrogens (primary N) is 1. The molecule has 2 rings (SSSR count). The normalized spacial score (nSPS) is 29.3. The van der Waals surface area contributed by atoms with Crippen molar-refractivity contribution in [3.63, 3.8) is 0 Å². The number of hydrogen-bond donors (Lipinski definition) is 2. The molecule has 94 valence electrons. The van der Waals surface area contributed by atoms with Gasteiger partial charge in [0.1, 0.15) is 0 Å². The quantitative estimate of drug-likeness (QED) is 0.870. The summed E-state index contributed by atoms with van der Waals surface area (Å²) in [5.74, 6) is 0. The lowest BCUT2D eigenvalue weighted by Crippen LogP contribution is -2.40. The summed E-state index contributed by atoms with van der Waals surface area (Å²) in [6.45, 7) is 0. The van der Waals surface area contributed by atoms with Crippen molar-refractivity contribution in [1.82, 2.24) is 0 Å². The topological polar surface area (TPSA) is 46.2 Å². The van der Waals surface area contributed by atoms with E-state index in [0.717, 1.165) is 31.2 Å². The third-order valence-electron chi connectivity index (χ3n) is 3.53. The van der Waals surface area contributed by atoms with Crippen LogP contribution in [0.1, 0.15) is 31.2 Å². The molecule has 3 N–H and O–H groups in total. The molecule has 0 amide bonds. The maximum absolute atomic E-state index is 10.5. The summed E-state index contributed by atoms with van der Waals surface area (Å²) >= 11 is 12.2. The Morgan fingerprint density at radius 3 is 2.29 bits per heavy atom. The zero-order valence-electron chi connectivity index (χ0n) is 9.63. The van der Waals surface area contributed by atoms with E-state index in [9.17, 15) is 5.11 Å². The summed E-state index contributed by atoms with van der Waals surface area (Å²) in [7, 11) is 0. The second kappa shape index (κ2) is 5.15. The van der Waals surface area contributed by atoms with Crippen molar-refractivity contribution in [3.05, 3.63) is 33.8 Å². The van der Waals surface area contributed by atoms with Crippen LogP contribution in [0.2, 0.25) is 10.0 Å². The van der Waals surface area contributed by atoms with Gasteiger partial charge in [0.15, 0.2) is 0 Å². The maximum atomic E-state index is 10.5. The Labute approximate surface area is 112 Å². The SMILES string of the molecule is NC1CCC(O)(Cc2c(Cl)cccc2Cl)CC1. The van der Waals surface area contributed by atoms with Crippen LogP contribution in [-0.2, 0) is 6.42 Å². The molecular weight excluding hydrogens is 257 g/mol. The molecular formula is C13H17Cl2NO. The van der Waals surface area contributed by atoms with Crippen molar-refractivity contribution >= 4 is 23.2 Å². The molecule has 1 fully saturated rings. The lowest BCUT2D eigenvalue weighted by Gasteiger charge is -2.35. The van der Waals surface area contributed by atoms with Gasteiger partial charge in [-0.2, -0.15) is 0 Å². The van der Waals surface area contributed by atoms with Crippen LogP contribution in [0.25, 0.3) is 0 Å². The summed E-state index contributed by atoms with van der Waals surface area (Å²) in [5, 5.41) is 11.8. The second-order valence-electron chi connectivity index (χ2n) is 4.94. The van der Waals surface area contributed by atoms with Gasteiger partial charge in [0, 0.05) is 22.5 Å². The molecule has 1 aliphatic carbocycles. The van der Waals surface area contributed by atoms with E-state index in [1.807, 2.05) is 6.07 Å². The predicted octanol–water partition coefficient (Wildman–Crippen LogP) is 3.17. The molecule has 4 heteroatoms. The minimum absolute atomic E-state index is 0.219. The van der Waals surface area contributed by atoms with E-state index >= 15 is 0 Å². The number of aliphatic hydroxyl groups is 1. The van der Waals surface area contributed by atoms with E-state index in [0.29, 0.717) is 16.5 Å². The van der Waals surface area contributed by atoms with Crippen LogP contribution in [0.15, 0.2) is 18.2 Å². The van der Waals surface area contributed by atoms with E-state index < -0.39 is 5.60 Å². The average Bonchev–Trinajstić information content (AvgIpc) is 2.29. The van der Waals surface area contributed by atoms with Crippen LogP contribution in [0.5, 0.6) is 0 Å². The second-order valence-corrected chi connectivity index (χ2v) is 5.75. The minimum atomic E-state index is -0.704. The van der Waals surface area contributed by atoms with Gasteiger partial charge in [0.05, 0.1) is 5.60 Å². The lowest BCUT2D eigenvalue weighted by atomic mass is 9.79. The predicted molar refractivity (Wildman–Crippen MR) is 71.6 cm³/mol. The number of halogens is 2. The fourth-order valence-corrected chi connectivity index (χ4v) is 2.92. The first-order chi connectivity index (χ1) is 8.00. The summed E-state index contributed by atoms with van der Waals surface area (Å²) in [6, 6.07) is 5.65. The number of rotatable bonds is 2. The van der Waals surface area contributed by atoms with Gasteiger partial charge in [-0.15, -0.1) is 0 Å². The van der Waals surface area contributed by atoms with Crippen molar-refractivity contribution in [1.29, 1.82) is 0 Å². The Kier molecular flexibility index (Phi) is 3.99. The smallest absolute Gasteiger partial charge is 0.0690 e. The molecule has 17 heavy (non-hydrogen) atoms. The standard InChI is InChI=1S/C13H17Cl2NO/c14-11-2-1-3-12(15)10(11)8-13(17)6-4-9(16)5-7-13/h1-3,9,17H,4-8,16H2. The van der Waals surface area contributed by atoms with Gasteiger partial charge in [0.25, 0.3) is 0 Å². The molecule has 1 aromatic rings. The third-order valence-corrected chi connectivity index (χ3v) is 4.24. The highest BCUT2D eigenvalue weighted by Gasteiger charge is 2.33. The van der Waals surface area contributed by atoms with Crippen molar-refractivity contribution in [2.24, 2.45) is 5.73 Å². The van der Waals surface area contributed by atoms with Crippen molar-refractivity contribution in [2.45, 2.75) is 43.7 Å². The third kappa shape index (κ3) is 3.14. The maximum Gasteiger partial charge on any atom is 0.0690 e.